The standard InChI is InChI=1S/2C19H21NO4/c2*1-20-5-4-10-7-15(22)19(24-3)18-12-9-16(23-2)14(21)8-11(12)6-13(20)17(10)18/h2*7-9,13,21-22H,4-6H2,1-3H3. The van der Waals surface area contributed by atoms with Gasteiger partial charge in [-0.05, 0) is 121 Å². The van der Waals surface area contributed by atoms with E-state index >= 15 is 0 Å². The molecule has 0 radical (unpaired) electrons. The normalized spacial score (nSPS) is 18.7. The van der Waals surface area contributed by atoms with Crippen LogP contribution in [-0.4, -0.2) is 85.8 Å². The van der Waals surface area contributed by atoms with Crippen LogP contribution in [0.15, 0.2) is 36.4 Å². The fourth-order valence-electron chi connectivity index (χ4n) is 8.19. The molecular formula is C38H42N2O8. The van der Waals surface area contributed by atoms with Crippen LogP contribution in [0.2, 0.25) is 0 Å². The summed E-state index contributed by atoms with van der Waals surface area (Å²) >= 11 is 0. The molecule has 2 atom stereocenters. The molecule has 4 aliphatic rings. The maximum atomic E-state index is 10.4. The highest BCUT2D eigenvalue weighted by molar-refractivity contribution is 5.86. The molecule has 8 rings (SSSR count). The second-order valence-electron chi connectivity index (χ2n) is 13.0. The average Bonchev–Trinajstić information content (AvgIpc) is 3.07. The molecule has 48 heavy (non-hydrogen) atoms. The van der Waals surface area contributed by atoms with Gasteiger partial charge >= 0.3 is 0 Å². The molecular weight excluding hydrogens is 612 g/mol. The fraction of sp³-hybridized carbons (Fsp3) is 0.368. The number of likely N-dealkylation sites (N-methyl/N-ethyl adjacent to an activating group) is 2. The third-order valence-electron chi connectivity index (χ3n) is 10.6. The molecule has 2 aliphatic carbocycles. The first kappa shape index (κ1) is 31.8. The van der Waals surface area contributed by atoms with Crippen molar-refractivity contribution in [3.05, 3.63) is 69.8 Å². The predicted molar refractivity (Wildman–Crippen MR) is 182 cm³/mol. The van der Waals surface area contributed by atoms with E-state index in [9.17, 15) is 20.4 Å². The number of methoxy groups -OCH3 is 4. The number of aromatic hydroxyl groups is 4. The van der Waals surface area contributed by atoms with Gasteiger partial charge in [0.15, 0.2) is 46.0 Å². The maximum Gasteiger partial charge on any atom is 0.168 e. The van der Waals surface area contributed by atoms with Crippen molar-refractivity contribution in [1.29, 1.82) is 0 Å². The Bertz CT molecular complexity index is 1800. The lowest BCUT2D eigenvalue weighted by atomic mass is 9.76. The van der Waals surface area contributed by atoms with Crippen LogP contribution in [0.1, 0.15) is 45.5 Å². The van der Waals surface area contributed by atoms with Crippen molar-refractivity contribution in [2.45, 2.75) is 37.8 Å². The fourth-order valence-corrected chi connectivity index (χ4v) is 8.19. The quantitative estimate of drug-likeness (QED) is 0.217. The van der Waals surface area contributed by atoms with E-state index in [1.165, 1.54) is 36.5 Å². The van der Waals surface area contributed by atoms with Crippen LogP contribution in [0.4, 0.5) is 0 Å². The smallest absolute Gasteiger partial charge is 0.168 e. The third kappa shape index (κ3) is 4.85. The largest absolute Gasteiger partial charge is 0.504 e. The van der Waals surface area contributed by atoms with Gasteiger partial charge in [0.2, 0.25) is 0 Å². The van der Waals surface area contributed by atoms with Gasteiger partial charge in [0.25, 0.3) is 0 Å². The van der Waals surface area contributed by atoms with Gasteiger partial charge in [-0.1, -0.05) is 0 Å². The average molecular weight is 655 g/mol. The Balaban J connectivity index is 0.000000152. The van der Waals surface area contributed by atoms with Crippen molar-refractivity contribution in [3.8, 4) is 68.2 Å². The minimum absolute atomic E-state index is 0.137. The van der Waals surface area contributed by atoms with E-state index in [0.29, 0.717) is 23.0 Å². The summed E-state index contributed by atoms with van der Waals surface area (Å²) in [5, 5.41) is 41.2. The van der Waals surface area contributed by atoms with E-state index in [4.69, 9.17) is 18.9 Å². The van der Waals surface area contributed by atoms with E-state index in [2.05, 4.69) is 23.9 Å². The summed E-state index contributed by atoms with van der Waals surface area (Å²) in [5.74, 6) is 2.43. The number of fused-ring (bicyclic) bond motifs is 4. The summed E-state index contributed by atoms with van der Waals surface area (Å²) in [5.41, 5.74) is 10.6. The summed E-state index contributed by atoms with van der Waals surface area (Å²) in [6.07, 6.45) is 3.43. The van der Waals surface area contributed by atoms with E-state index in [0.717, 1.165) is 72.2 Å². The highest BCUT2D eigenvalue weighted by atomic mass is 16.5. The van der Waals surface area contributed by atoms with Crippen LogP contribution in [0.3, 0.4) is 0 Å². The van der Waals surface area contributed by atoms with Crippen LogP contribution in [-0.2, 0) is 25.7 Å². The lowest BCUT2D eigenvalue weighted by Crippen LogP contribution is -2.35. The van der Waals surface area contributed by atoms with Gasteiger partial charge in [0, 0.05) is 36.3 Å². The van der Waals surface area contributed by atoms with E-state index in [-0.39, 0.29) is 35.1 Å². The second-order valence-corrected chi connectivity index (χ2v) is 13.0. The van der Waals surface area contributed by atoms with Gasteiger partial charge in [-0.15, -0.1) is 0 Å². The number of hydrogen-bond donors (Lipinski definition) is 4. The van der Waals surface area contributed by atoms with Gasteiger partial charge in [-0.25, -0.2) is 0 Å². The number of hydrogen-bond acceptors (Lipinski definition) is 10. The van der Waals surface area contributed by atoms with Crippen molar-refractivity contribution in [2.75, 3.05) is 55.6 Å². The van der Waals surface area contributed by atoms with Gasteiger partial charge in [-0.2, -0.15) is 0 Å². The zero-order valence-electron chi connectivity index (χ0n) is 28.2. The third-order valence-corrected chi connectivity index (χ3v) is 10.6. The Labute approximate surface area is 280 Å². The Kier molecular flexibility index (Phi) is 7.96. The van der Waals surface area contributed by atoms with Crippen LogP contribution in [0.25, 0.3) is 22.3 Å². The van der Waals surface area contributed by atoms with E-state index in [1.807, 2.05) is 24.3 Å². The molecule has 10 nitrogen and oxygen atoms in total. The van der Waals surface area contributed by atoms with Crippen molar-refractivity contribution >= 4 is 0 Å². The highest BCUT2D eigenvalue weighted by Crippen LogP contribution is 2.55. The monoisotopic (exact) mass is 654 g/mol. The Morgan fingerprint density at radius 3 is 1.25 bits per heavy atom. The summed E-state index contributed by atoms with van der Waals surface area (Å²) in [7, 11) is 10.5. The SMILES string of the molecule is COc1cc2c(cc1O)CC1c3c(cc(O)c(OC)c3-2)CCN1C.COc1cc2c(cc1O)CC1c3c(cc(O)c(OC)c3-2)CCN1C. The van der Waals surface area contributed by atoms with Crippen LogP contribution in [0.5, 0.6) is 46.0 Å². The molecule has 0 amide bonds. The van der Waals surface area contributed by atoms with Gasteiger partial charge in [0.1, 0.15) is 0 Å². The summed E-state index contributed by atoms with van der Waals surface area (Å²) in [6, 6.07) is 11.3. The molecule has 2 heterocycles. The molecule has 4 aromatic carbocycles. The molecule has 0 bridgehead atoms. The van der Waals surface area contributed by atoms with Crippen LogP contribution in [0, 0.1) is 0 Å². The van der Waals surface area contributed by atoms with Crippen molar-refractivity contribution in [1.82, 2.24) is 9.80 Å². The first-order valence-corrected chi connectivity index (χ1v) is 16.2. The lowest BCUT2D eigenvalue weighted by molar-refractivity contribution is 0.226. The van der Waals surface area contributed by atoms with E-state index in [1.54, 1.807) is 26.4 Å². The topological polar surface area (TPSA) is 124 Å². The zero-order valence-corrected chi connectivity index (χ0v) is 28.2. The summed E-state index contributed by atoms with van der Waals surface area (Å²) in [6.45, 7) is 1.89. The second kappa shape index (κ2) is 12.0. The minimum atomic E-state index is 0.137. The van der Waals surface area contributed by atoms with Gasteiger partial charge in [0.05, 0.1) is 28.4 Å². The number of benzene rings is 4. The number of phenols is 4. The molecule has 4 aromatic rings. The predicted octanol–water partition coefficient (Wildman–Crippen LogP) is 5.73. The number of nitrogens with zero attached hydrogens (tertiary/aromatic N) is 2. The first-order chi connectivity index (χ1) is 23.1. The van der Waals surface area contributed by atoms with E-state index < -0.39 is 0 Å². The molecule has 0 saturated carbocycles. The highest BCUT2D eigenvalue weighted by Gasteiger charge is 2.38. The van der Waals surface area contributed by atoms with Crippen LogP contribution < -0.4 is 18.9 Å². The van der Waals surface area contributed by atoms with Crippen LogP contribution >= 0.6 is 0 Å². The Morgan fingerprint density at radius 2 is 0.896 bits per heavy atom. The first-order valence-electron chi connectivity index (χ1n) is 16.2. The molecule has 0 aromatic heterocycles. The molecule has 4 N–H and O–H groups in total. The lowest BCUT2D eigenvalue weighted by Gasteiger charge is -2.40. The number of ether oxygens (including phenoxy) is 4. The molecule has 252 valence electrons. The number of rotatable bonds is 4. The summed E-state index contributed by atoms with van der Waals surface area (Å²) < 4.78 is 21.6. The Hall–Kier alpha value is -4.80. The molecule has 2 unspecified atom stereocenters. The molecule has 0 spiro atoms. The number of phenolic OH excluding ortho intramolecular Hbond substituents is 4. The minimum Gasteiger partial charge on any atom is -0.504 e. The van der Waals surface area contributed by atoms with Gasteiger partial charge < -0.3 is 39.4 Å². The molecule has 2 aliphatic heterocycles. The Morgan fingerprint density at radius 1 is 0.521 bits per heavy atom. The van der Waals surface area contributed by atoms with Crippen molar-refractivity contribution in [3.63, 3.8) is 0 Å². The van der Waals surface area contributed by atoms with Crippen molar-refractivity contribution < 1.29 is 39.4 Å². The molecule has 10 heteroatoms. The molecule has 0 fully saturated rings. The maximum absolute atomic E-state index is 10.4. The zero-order chi connectivity index (χ0) is 34.0. The summed E-state index contributed by atoms with van der Waals surface area (Å²) in [4.78, 5) is 4.65. The van der Waals surface area contributed by atoms with Crippen molar-refractivity contribution in [2.24, 2.45) is 0 Å². The van der Waals surface area contributed by atoms with Gasteiger partial charge in [-0.3, -0.25) is 9.80 Å². The molecule has 0 saturated heterocycles.